The summed E-state index contributed by atoms with van der Waals surface area (Å²) >= 11 is 12.5. The normalized spacial score (nSPS) is 12.2. The molecule has 2 amide bonds. The van der Waals surface area contributed by atoms with Crippen molar-refractivity contribution in [2.24, 2.45) is 0 Å². The molecule has 3 aromatic rings. The van der Waals surface area contributed by atoms with Gasteiger partial charge in [0.1, 0.15) is 12.6 Å². The molecule has 0 aliphatic rings. The number of hydrogen-bond donors (Lipinski definition) is 1. The number of carbonyl (C=O) groups is 2. The van der Waals surface area contributed by atoms with E-state index >= 15 is 0 Å². The molecule has 0 aromatic heterocycles. The molecule has 0 heterocycles. The van der Waals surface area contributed by atoms with E-state index in [1.165, 1.54) is 17.0 Å². The SMILES string of the molecule is CCCNC(=O)C(C)N(Cc1ccc(Cl)cc1Cl)C(=O)CN(c1ccc(C(C)C)cc1)S(=O)(=O)c1ccc(C)cc1. The first-order valence-electron chi connectivity index (χ1n) is 13.6. The van der Waals surface area contributed by atoms with Gasteiger partial charge in [-0.25, -0.2) is 8.42 Å². The molecule has 1 unspecified atom stereocenters. The maximum absolute atomic E-state index is 14.0. The summed E-state index contributed by atoms with van der Waals surface area (Å²) in [4.78, 5) is 28.4. The van der Waals surface area contributed by atoms with Crippen molar-refractivity contribution in [3.8, 4) is 0 Å². The molecule has 0 aliphatic carbocycles. The Morgan fingerprint density at radius 3 is 2.12 bits per heavy atom. The van der Waals surface area contributed by atoms with Crippen LogP contribution in [0.2, 0.25) is 10.0 Å². The predicted molar refractivity (Wildman–Crippen MR) is 166 cm³/mol. The van der Waals surface area contributed by atoms with Gasteiger partial charge in [0.15, 0.2) is 0 Å². The van der Waals surface area contributed by atoms with Gasteiger partial charge in [-0.1, -0.05) is 79.9 Å². The van der Waals surface area contributed by atoms with Crippen LogP contribution in [0, 0.1) is 6.92 Å². The van der Waals surface area contributed by atoms with Crippen LogP contribution in [0.5, 0.6) is 0 Å². The fourth-order valence-corrected chi connectivity index (χ4v) is 6.09. The Hall–Kier alpha value is -3.07. The quantitative estimate of drug-likeness (QED) is 0.249. The van der Waals surface area contributed by atoms with Gasteiger partial charge in [-0.2, -0.15) is 0 Å². The monoisotopic (exact) mass is 617 g/mol. The lowest BCUT2D eigenvalue weighted by atomic mass is 10.0. The maximum atomic E-state index is 14.0. The van der Waals surface area contributed by atoms with Crippen molar-refractivity contribution in [1.82, 2.24) is 10.2 Å². The van der Waals surface area contributed by atoms with Gasteiger partial charge in [-0.3, -0.25) is 13.9 Å². The summed E-state index contributed by atoms with van der Waals surface area (Å²) in [5.74, 6) is -0.659. The number of halogens is 2. The molecule has 0 saturated carbocycles. The van der Waals surface area contributed by atoms with Gasteiger partial charge in [0.25, 0.3) is 10.0 Å². The Balaban J connectivity index is 2.05. The third kappa shape index (κ3) is 8.24. The van der Waals surface area contributed by atoms with E-state index in [2.05, 4.69) is 5.32 Å². The third-order valence-electron chi connectivity index (χ3n) is 6.81. The number of aryl methyl sites for hydroxylation is 1. The zero-order valence-electron chi connectivity index (χ0n) is 24.0. The van der Waals surface area contributed by atoms with Gasteiger partial charge < -0.3 is 10.2 Å². The van der Waals surface area contributed by atoms with E-state index in [9.17, 15) is 18.0 Å². The first-order chi connectivity index (χ1) is 19.3. The van der Waals surface area contributed by atoms with Gasteiger partial charge in [-0.15, -0.1) is 0 Å². The number of benzene rings is 3. The summed E-state index contributed by atoms with van der Waals surface area (Å²) in [5, 5.41) is 3.59. The van der Waals surface area contributed by atoms with Gasteiger partial charge in [-0.05, 0) is 73.7 Å². The highest BCUT2D eigenvalue weighted by atomic mass is 35.5. The zero-order valence-corrected chi connectivity index (χ0v) is 26.4. The molecule has 1 N–H and O–H groups in total. The number of sulfonamides is 1. The Kier molecular flexibility index (Phi) is 11.2. The second-order valence-electron chi connectivity index (χ2n) is 10.3. The first kappa shape index (κ1) is 32.4. The molecule has 0 fully saturated rings. The molecule has 3 aromatic carbocycles. The molecular weight excluding hydrogens is 581 g/mol. The standard InChI is InChI=1S/C31H37Cl2N3O4S/c1-6-17-34-31(38)23(5)35(19-25-9-12-26(32)18-29(25)33)30(37)20-36(27-13-10-24(11-14-27)21(2)3)41(39,40)28-15-7-22(4)8-16-28/h7-16,18,21,23H,6,17,19-20H2,1-5H3,(H,34,38). The average molecular weight is 619 g/mol. The van der Waals surface area contributed by atoms with Gasteiger partial charge in [0, 0.05) is 23.1 Å². The highest BCUT2D eigenvalue weighted by Gasteiger charge is 2.32. The maximum Gasteiger partial charge on any atom is 0.264 e. The van der Waals surface area contributed by atoms with Crippen molar-refractivity contribution in [1.29, 1.82) is 0 Å². The van der Waals surface area contributed by atoms with Crippen molar-refractivity contribution >= 4 is 50.7 Å². The summed E-state index contributed by atoms with van der Waals surface area (Å²) < 4.78 is 29.0. The second-order valence-corrected chi connectivity index (χ2v) is 13.0. The number of carbonyl (C=O) groups excluding carboxylic acids is 2. The molecule has 7 nitrogen and oxygen atoms in total. The number of rotatable bonds is 12. The highest BCUT2D eigenvalue weighted by molar-refractivity contribution is 7.92. The Morgan fingerprint density at radius 2 is 1.56 bits per heavy atom. The summed E-state index contributed by atoms with van der Waals surface area (Å²) in [6.07, 6.45) is 0.727. The van der Waals surface area contributed by atoms with Crippen molar-refractivity contribution in [3.63, 3.8) is 0 Å². The van der Waals surface area contributed by atoms with E-state index in [4.69, 9.17) is 23.2 Å². The fourth-order valence-electron chi connectivity index (χ4n) is 4.20. The lowest BCUT2D eigenvalue weighted by molar-refractivity contribution is -0.139. The molecule has 10 heteroatoms. The third-order valence-corrected chi connectivity index (χ3v) is 9.18. The van der Waals surface area contributed by atoms with Crippen molar-refractivity contribution in [2.45, 2.75) is 64.4 Å². The Labute approximate surface area is 253 Å². The highest BCUT2D eigenvalue weighted by Crippen LogP contribution is 2.28. The molecular formula is C31H37Cl2N3O4S. The van der Waals surface area contributed by atoms with Gasteiger partial charge in [0.05, 0.1) is 10.6 Å². The second kappa shape index (κ2) is 14.2. The Morgan fingerprint density at radius 1 is 0.927 bits per heavy atom. The first-order valence-corrected chi connectivity index (χ1v) is 15.7. The molecule has 0 saturated heterocycles. The molecule has 0 bridgehead atoms. The number of amides is 2. The fraction of sp³-hybridized carbons (Fsp3) is 0.355. The summed E-state index contributed by atoms with van der Waals surface area (Å²) in [5.41, 5.74) is 2.86. The minimum atomic E-state index is -4.14. The van der Waals surface area contributed by atoms with E-state index in [1.54, 1.807) is 49.4 Å². The summed E-state index contributed by atoms with van der Waals surface area (Å²) in [6, 6.07) is 17.6. The van der Waals surface area contributed by atoms with Crippen molar-refractivity contribution < 1.29 is 18.0 Å². The molecule has 0 radical (unpaired) electrons. The zero-order chi connectivity index (χ0) is 30.3. The van der Waals surface area contributed by atoms with Gasteiger partial charge >= 0.3 is 0 Å². The molecule has 3 rings (SSSR count). The van der Waals surface area contributed by atoms with Crippen molar-refractivity contribution in [2.75, 3.05) is 17.4 Å². The van der Waals surface area contributed by atoms with Crippen molar-refractivity contribution in [3.05, 3.63) is 93.5 Å². The number of nitrogens with zero attached hydrogens (tertiary/aromatic N) is 2. The minimum Gasteiger partial charge on any atom is -0.354 e. The van der Waals surface area contributed by atoms with E-state index < -0.39 is 28.5 Å². The molecule has 1 atom stereocenters. The van der Waals surface area contributed by atoms with Crippen LogP contribution in [0.1, 0.15) is 56.7 Å². The van der Waals surface area contributed by atoms with Crippen LogP contribution in [-0.2, 0) is 26.2 Å². The van der Waals surface area contributed by atoms with E-state index in [0.29, 0.717) is 27.8 Å². The molecule has 0 spiro atoms. The smallest absolute Gasteiger partial charge is 0.264 e. The topological polar surface area (TPSA) is 86.8 Å². The average Bonchev–Trinajstić information content (AvgIpc) is 2.94. The molecule has 220 valence electrons. The van der Waals surface area contributed by atoms with Crippen LogP contribution in [0.25, 0.3) is 0 Å². The van der Waals surface area contributed by atoms with Crippen LogP contribution in [0.4, 0.5) is 5.69 Å². The largest absolute Gasteiger partial charge is 0.354 e. The van der Waals surface area contributed by atoms with Crippen LogP contribution in [0.15, 0.2) is 71.6 Å². The molecule has 41 heavy (non-hydrogen) atoms. The van der Waals surface area contributed by atoms with E-state index in [-0.39, 0.29) is 23.3 Å². The Bertz CT molecular complexity index is 1460. The van der Waals surface area contributed by atoms with Gasteiger partial charge in [0.2, 0.25) is 11.8 Å². The molecule has 0 aliphatic heterocycles. The van der Waals surface area contributed by atoms with Crippen LogP contribution < -0.4 is 9.62 Å². The number of hydrogen-bond acceptors (Lipinski definition) is 4. The van der Waals surface area contributed by atoms with E-state index in [0.717, 1.165) is 21.9 Å². The lowest BCUT2D eigenvalue weighted by Crippen LogP contribution is -2.51. The van der Waals surface area contributed by atoms with Crippen LogP contribution in [0.3, 0.4) is 0 Å². The summed E-state index contributed by atoms with van der Waals surface area (Å²) in [6.45, 7) is 9.42. The van der Waals surface area contributed by atoms with Crippen LogP contribution in [-0.4, -0.2) is 44.3 Å². The van der Waals surface area contributed by atoms with E-state index in [1.807, 2.05) is 39.8 Å². The minimum absolute atomic E-state index is 0.0136. The number of anilines is 1. The summed E-state index contributed by atoms with van der Waals surface area (Å²) in [7, 11) is -4.14. The lowest BCUT2D eigenvalue weighted by Gasteiger charge is -2.32. The number of nitrogens with one attached hydrogen (secondary N) is 1. The predicted octanol–water partition coefficient (Wildman–Crippen LogP) is 6.56. The van der Waals surface area contributed by atoms with Crippen LogP contribution >= 0.6 is 23.2 Å².